The van der Waals surface area contributed by atoms with E-state index in [2.05, 4.69) is 147 Å². The molecule has 0 spiro atoms. The summed E-state index contributed by atoms with van der Waals surface area (Å²) >= 11 is 0. The van der Waals surface area contributed by atoms with Gasteiger partial charge in [0.15, 0.2) is 0 Å². The first-order valence-corrected chi connectivity index (χ1v) is 13.7. The van der Waals surface area contributed by atoms with E-state index in [9.17, 15) is 0 Å². The Hall–Kier alpha value is -4.62. The van der Waals surface area contributed by atoms with Crippen LogP contribution in [-0.4, -0.2) is 4.57 Å². The van der Waals surface area contributed by atoms with E-state index in [1.54, 1.807) is 0 Å². The Balaban J connectivity index is 1.36. The van der Waals surface area contributed by atoms with Gasteiger partial charge in [-0.1, -0.05) is 97.1 Å². The molecule has 1 nitrogen and oxygen atoms in total. The molecule has 0 saturated carbocycles. The summed E-state index contributed by atoms with van der Waals surface area (Å²) in [6.07, 6.45) is 0.900. The second kappa shape index (κ2) is 9.29. The molecule has 1 heteroatoms. The number of nitrogens with zero attached hydrogens (tertiary/aromatic N) is 1. The van der Waals surface area contributed by atoms with Gasteiger partial charge in [0.05, 0.1) is 11.0 Å². The summed E-state index contributed by atoms with van der Waals surface area (Å²) in [6.45, 7) is 6.72. The zero-order valence-corrected chi connectivity index (χ0v) is 22.7. The van der Waals surface area contributed by atoms with Gasteiger partial charge in [0.1, 0.15) is 0 Å². The number of hydrogen-bond donors (Lipinski definition) is 0. The van der Waals surface area contributed by atoms with Gasteiger partial charge >= 0.3 is 0 Å². The van der Waals surface area contributed by atoms with E-state index in [4.69, 9.17) is 0 Å². The van der Waals surface area contributed by atoms with Crippen LogP contribution in [0.5, 0.6) is 0 Å². The molecule has 0 aliphatic rings. The van der Waals surface area contributed by atoms with Crippen LogP contribution in [0.1, 0.15) is 27.8 Å². The van der Waals surface area contributed by atoms with E-state index in [1.807, 2.05) is 0 Å². The van der Waals surface area contributed by atoms with Gasteiger partial charge in [-0.15, -0.1) is 0 Å². The molecular formula is C38H31N. The quantitative estimate of drug-likeness (QED) is 0.226. The van der Waals surface area contributed by atoms with Gasteiger partial charge in [-0.25, -0.2) is 0 Å². The molecule has 7 rings (SSSR count). The van der Waals surface area contributed by atoms with E-state index in [0.717, 1.165) is 6.42 Å². The monoisotopic (exact) mass is 501 g/mol. The van der Waals surface area contributed by atoms with Crippen molar-refractivity contribution in [1.29, 1.82) is 0 Å². The molecular weight excluding hydrogens is 470 g/mol. The van der Waals surface area contributed by atoms with E-state index < -0.39 is 0 Å². The van der Waals surface area contributed by atoms with E-state index in [1.165, 1.54) is 77.2 Å². The molecule has 0 radical (unpaired) electrons. The largest absolute Gasteiger partial charge is 0.309 e. The van der Waals surface area contributed by atoms with Crippen LogP contribution in [0.25, 0.3) is 49.4 Å². The lowest BCUT2D eigenvalue weighted by Crippen LogP contribution is -2.00. The van der Waals surface area contributed by atoms with Crippen LogP contribution >= 0.6 is 0 Å². The molecule has 0 atom stereocenters. The van der Waals surface area contributed by atoms with Gasteiger partial charge < -0.3 is 4.57 Å². The highest BCUT2D eigenvalue weighted by atomic mass is 15.0. The Labute approximate surface area is 230 Å². The lowest BCUT2D eigenvalue weighted by atomic mass is 9.90. The van der Waals surface area contributed by atoms with Gasteiger partial charge in [-0.2, -0.15) is 0 Å². The second-order valence-electron chi connectivity index (χ2n) is 10.8. The SMILES string of the molecule is Cc1cc(Cc2cc(-c3cccc4ccccc34)cc(C)c2C)cc(-n2c3ccccc3c3ccccc32)c1. The summed E-state index contributed by atoms with van der Waals surface area (Å²) in [5.74, 6) is 0. The minimum atomic E-state index is 0.900. The van der Waals surface area contributed by atoms with Crippen molar-refractivity contribution < 1.29 is 0 Å². The molecule has 0 bridgehead atoms. The standard InChI is InChI=1S/C38H31N/c1-25-19-28(23-32(20-25)39-37-17-8-6-14-35(37)36-15-7-9-18-38(36)39)22-30-24-31(21-26(2)27(30)3)34-16-10-12-29-11-4-5-13-33(29)34/h4-21,23-24H,22H2,1-3H3. The molecule has 0 aliphatic heterocycles. The number of fused-ring (bicyclic) bond motifs is 4. The van der Waals surface area contributed by atoms with Crippen LogP contribution in [0, 0.1) is 20.8 Å². The molecule has 0 saturated heterocycles. The van der Waals surface area contributed by atoms with Gasteiger partial charge in [-0.3, -0.25) is 0 Å². The van der Waals surface area contributed by atoms with Crippen molar-refractivity contribution in [2.75, 3.05) is 0 Å². The molecule has 0 aliphatic carbocycles. The fraction of sp³-hybridized carbons (Fsp3) is 0.105. The predicted molar refractivity (Wildman–Crippen MR) is 167 cm³/mol. The summed E-state index contributed by atoms with van der Waals surface area (Å²) < 4.78 is 2.42. The summed E-state index contributed by atoms with van der Waals surface area (Å²) in [5.41, 5.74) is 13.0. The second-order valence-corrected chi connectivity index (χ2v) is 10.8. The Morgan fingerprint density at radius 2 is 1.21 bits per heavy atom. The summed E-state index contributed by atoms with van der Waals surface area (Å²) in [4.78, 5) is 0. The third-order valence-electron chi connectivity index (χ3n) is 8.23. The average molecular weight is 502 g/mol. The number of aryl methyl sites for hydroxylation is 2. The summed E-state index contributed by atoms with van der Waals surface area (Å²) in [7, 11) is 0. The smallest absolute Gasteiger partial charge is 0.0541 e. The average Bonchev–Trinajstić information content (AvgIpc) is 3.29. The fourth-order valence-corrected chi connectivity index (χ4v) is 6.24. The maximum absolute atomic E-state index is 2.42. The molecule has 1 aromatic heterocycles. The Kier molecular flexibility index (Phi) is 5.60. The van der Waals surface area contributed by atoms with Gasteiger partial charge in [-0.05, 0) is 101 Å². The molecule has 0 N–H and O–H groups in total. The number of aromatic nitrogens is 1. The zero-order chi connectivity index (χ0) is 26.5. The molecule has 0 amide bonds. The highest BCUT2D eigenvalue weighted by Crippen LogP contribution is 2.34. The van der Waals surface area contributed by atoms with Crippen molar-refractivity contribution in [2.24, 2.45) is 0 Å². The van der Waals surface area contributed by atoms with Crippen molar-refractivity contribution in [3.05, 3.63) is 149 Å². The van der Waals surface area contributed by atoms with Crippen molar-refractivity contribution in [2.45, 2.75) is 27.2 Å². The molecule has 39 heavy (non-hydrogen) atoms. The van der Waals surface area contributed by atoms with Crippen LogP contribution in [0.4, 0.5) is 0 Å². The highest BCUT2D eigenvalue weighted by Gasteiger charge is 2.14. The Morgan fingerprint density at radius 3 is 1.95 bits per heavy atom. The third-order valence-corrected chi connectivity index (χ3v) is 8.23. The van der Waals surface area contributed by atoms with E-state index >= 15 is 0 Å². The van der Waals surface area contributed by atoms with Crippen LogP contribution in [0.15, 0.2) is 121 Å². The van der Waals surface area contributed by atoms with Gasteiger partial charge in [0, 0.05) is 16.5 Å². The molecule has 0 unspecified atom stereocenters. The van der Waals surface area contributed by atoms with E-state index in [-0.39, 0.29) is 0 Å². The van der Waals surface area contributed by atoms with Crippen molar-refractivity contribution in [3.63, 3.8) is 0 Å². The minimum Gasteiger partial charge on any atom is -0.309 e. The van der Waals surface area contributed by atoms with Gasteiger partial charge in [0.25, 0.3) is 0 Å². The number of para-hydroxylation sites is 2. The number of hydrogen-bond acceptors (Lipinski definition) is 0. The molecule has 6 aromatic carbocycles. The van der Waals surface area contributed by atoms with Crippen molar-refractivity contribution in [3.8, 4) is 16.8 Å². The number of benzene rings is 6. The van der Waals surface area contributed by atoms with Crippen molar-refractivity contribution >= 4 is 32.6 Å². The predicted octanol–water partition coefficient (Wildman–Crippen LogP) is 10.1. The lowest BCUT2D eigenvalue weighted by molar-refractivity contribution is 1.10. The highest BCUT2D eigenvalue weighted by molar-refractivity contribution is 6.09. The van der Waals surface area contributed by atoms with E-state index in [0.29, 0.717) is 0 Å². The number of rotatable bonds is 4. The molecule has 0 fully saturated rings. The summed E-state index contributed by atoms with van der Waals surface area (Å²) in [5, 5.41) is 5.18. The van der Waals surface area contributed by atoms with Gasteiger partial charge in [0.2, 0.25) is 0 Å². The molecule has 188 valence electrons. The van der Waals surface area contributed by atoms with Crippen molar-refractivity contribution in [1.82, 2.24) is 4.57 Å². The topological polar surface area (TPSA) is 4.93 Å². The Morgan fingerprint density at radius 1 is 0.564 bits per heavy atom. The fourth-order valence-electron chi connectivity index (χ4n) is 6.24. The first-order chi connectivity index (χ1) is 19.1. The normalized spacial score (nSPS) is 11.6. The van der Waals surface area contributed by atoms with Crippen LogP contribution in [0.3, 0.4) is 0 Å². The zero-order valence-electron chi connectivity index (χ0n) is 22.7. The molecule has 1 heterocycles. The van der Waals surface area contributed by atoms with Crippen LogP contribution < -0.4 is 0 Å². The lowest BCUT2D eigenvalue weighted by Gasteiger charge is -2.16. The van der Waals surface area contributed by atoms with Crippen LogP contribution in [-0.2, 0) is 6.42 Å². The first-order valence-electron chi connectivity index (χ1n) is 13.7. The summed E-state index contributed by atoms with van der Waals surface area (Å²) in [6, 6.07) is 44.6. The Bertz CT molecular complexity index is 1960. The third kappa shape index (κ3) is 4.02. The molecule has 7 aromatic rings. The van der Waals surface area contributed by atoms with Crippen LogP contribution in [0.2, 0.25) is 0 Å². The minimum absolute atomic E-state index is 0.900. The maximum Gasteiger partial charge on any atom is 0.0541 e. The first kappa shape index (κ1) is 23.5. The maximum atomic E-state index is 2.42.